The molecule has 0 unspecified atom stereocenters. The highest BCUT2D eigenvalue weighted by atomic mass is 32.2. The molecule has 1 N–H and O–H groups in total. The third-order valence-electron chi connectivity index (χ3n) is 5.82. The zero-order valence-corrected chi connectivity index (χ0v) is 22.1. The minimum absolute atomic E-state index is 0.0886. The Hall–Kier alpha value is -1.03. The molecule has 0 amide bonds. The van der Waals surface area contributed by atoms with E-state index in [2.05, 4.69) is 0 Å². The van der Waals surface area contributed by atoms with E-state index in [0.29, 0.717) is 0 Å². The van der Waals surface area contributed by atoms with Gasteiger partial charge in [-0.2, -0.15) is 0 Å². The number of hydrogen-bond acceptors (Lipinski definition) is 13. The third-order valence-corrected chi connectivity index (χ3v) is 6.86. The molecule has 204 valence electrons. The number of methoxy groups -OCH3 is 4. The average molecular weight is 527 g/mol. The monoisotopic (exact) mass is 526 g/mol. The van der Waals surface area contributed by atoms with Crippen LogP contribution in [0, 0.1) is 0 Å². The van der Waals surface area contributed by atoms with Crippen molar-refractivity contribution < 1.29 is 57.3 Å². The van der Waals surface area contributed by atoms with Crippen molar-refractivity contribution in [1.82, 2.24) is 0 Å². The fourth-order valence-corrected chi connectivity index (χ4v) is 5.21. The van der Waals surface area contributed by atoms with Crippen molar-refractivity contribution in [3.8, 4) is 0 Å². The maximum Gasteiger partial charge on any atom is 0.302 e. The van der Waals surface area contributed by atoms with Gasteiger partial charge in [-0.05, 0) is 5.75 Å². The summed E-state index contributed by atoms with van der Waals surface area (Å²) in [5.41, 5.74) is -0.397. The maximum absolute atomic E-state index is 11.5. The van der Waals surface area contributed by atoms with Gasteiger partial charge in [0, 0.05) is 42.3 Å². The van der Waals surface area contributed by atoms with Gasteiger partial charge in [-0.25, -0.2) is 0 Å². The molecule has 2 rings (SSSR count). The zero-order chi connectivity index (χ0) is 26.1. The van der Waals surface area contributed by atoms with Crippen LogP contribution in [0.15, 0.2) is 0 Å². The number of hydrogen-bond donors (Lipinski definition) is 1. The molecular formula is C22H38O12S. The van der Waals surface area contributed by atoms with Gasteiger partial charge in [0.1, 0.15) is 67.5 Å². The van der Waals surface area contributed by atoms with Gasteiger partial charge in [-0.1, -0.05) is 6.92 Å². The summed E-state index contributed by atoms with van der Waals surface area (Å²) in [6.45, 7) is 4.25. The first-order chi connectivity index (χ1) is 16.7. The van der Waals surface area contributed by atoms with Crippen molar-refractivity contribution in [3.63, 3.8) is 0 Å². The Morgan fingerprint density at radius 1 is 0.771 bits per heavy atom. The van der Waals surface area contributed by atoms with Crippen LogP contribution in [0.25, 0.3) is 0 Å². The molecule has 2 aliphatic heterocycles. The van der Waals surface area contributed by atoms with Crippen molar-refractivity contribution in [1.29, 1.82) is 0 Å². The highest BCUT2D eigenvalue weighted by Gasteiger charge is 2.53. The molecule has 0 spiro atoms. The topological polar surface area (TPSA) is 137 Å². The fourth-order valence-electron chi connectivity index (χ4n) is 4.20. The molecule has 0 aromatic carbocycles. The number of aliphatic hydroxyl groups is 1. The summed E-state index contributed by atoms with van der Waals surface area (Å²) in [7, 11) is 5.93. The first-order valence-electron chi connectivity index (χ1n) is 11.4. The first kappa shape index (κ1) is 30.2. The van der Waals surface area contributed by atoms with E-state index in [1.54, 1.807) is 7.11 Å². The molecule has 35 heavy (non-hydrogen) atoms. The van der Waals surface area contributed by atoms with Crippen molar-refractivity contribution in [2.45, 2.75) is 81.3 Å². The zero-order valence-electron chi connectivity index (χ0n) is 21.2. The Morgan fingerprint density at radius 3 is 1.80 bits per heavy atom. The van der Waals surface area contributed by atoms with Crippen LogP contribution in [0.5, 0.6) is 0 Å². The summed E-state index contributed by atoms with van der Waals surface area (Å²) in [5, 5.41) is 10.7. The molecule has 2 aliphatic rings. The Labute approximate surface area is 210 Å². The molecule has 12 nitrogen and oxygen atoms in total. The lowest BCUT2D eigenvalue weighted by atomic mass is 9.97. The second-order valence-electron chi connectivity index (χ2n) is 8.04. The van der Waals surface area contributed by atoms with Crippen molar-refractivity contribution in [2.75, 3.05) is 47.4 Å². The van der Waals surface area contributed by atoms with E-state index < -0.39 is 72.5 Å². The summed E-state index contributed by atoms with van der Waals surface area (Å²) in [5.74, 6) is -0.233. The van der Waals surface area contributed by atoms with Gasteiger partial charge in [0.25, 0.3) is 0 Å². The summed E-state index contributed by atoms with van der Waals surface area (Å²) in [6, 6.07) is 0. The lowest BCUT2D eigenvalue weighted by Gasteiger charge is -2.48. The SMILES string of the molecule is CCS[C@@H]1O[C@H](COC(C)=O)[C@@H](O[C@H]2O[C@H](COC(C)=O)[C@@H](O)[C@H](OC)[C@H]2OC)[C@H](OC)[C@H]1OC. The van der Waals surface area contributed by atoms with Gasteiger partial charge in [0.15, 0.2) is 6.29 Å². The molecule has 2 fully saturated rings. The van der Waals surface area contributed by atoms with E-state index in [4.69, 9.17) is 42.6 Å². The minimum Gasteiger partial charge on any atom is -0.463 e. The summed E-state index contributed by atoms with van der Waals surface area (Å²) >= 11 is 1.53. The molecular weight excluding hydrogens is 488 g/mol. The normalized spacial score (nSPS) is 37.6. The number of esters is 2. The van der Waals surface area contributed by atoms with Gasteiger partial charge >= 0.3 is 11.9 Å². The van der Waals surface area contributed by atoms with Gasteiger partial charge < -0.3 is 47.7 Å². The third kappa shape index (κ3) is 7.73. The standard InChI is InChI=1S/C22H38O12S/c1-8-35-22-20(29-7)18(27-5)16(14(33-22)10-31-12(3)24)34-21-19(28-6)17(26-4)15(25)13(32-21)9-30-11(2)23/h13-22,25H,8-10H2,1-7H3/t13-,14-,15-,16-,17+,18+,19-,20-,21-,22+/m1/s1. The van der Waals surface area contributed by atoms with Gasteiger partial charge in [0.2, 0.25) is 0 Å². The molecule has 0 aromatic heterocycles. The van der Waals surface area contributed by atoms with E-state index in [-0.39, 0.29) is 13.2 Å². The number of carbonyl (C=O) groups excluding carboxylic acids is 2. The van der Waals surface area contributed by atoms with Crippen LogP contribution < -0.4 is 0 Å². The first-order valence-corrected chi connectivity index (χ1v) is 12.4. The lowest BCUT2D eigenvalue weighted by Crippen LogP contribution is -2.65. The number of carbonyl (C=O) groups is 2. The van der Waals surface area contributed by atoms with Crippen LogP contribution in [0.1, 0.15) is 20.8 Å². The quantitative estimate of drug-likeness (QED) is 0.345. The highest BCUT2D eigenvalue weighted by molar-refractivity contribution is 7.99. The maximum atomic E-state index is 11.5. The molecule has 2 heterocycles. The van der Waals surface area contributed by atoms with E-state index in [1.807, 2.05) is 6.92 Å². The number of ether oxygens (including phenoxy) is 9. The van der Waals surface area contributed by atoms with Crippen molar-refractivity contribution in [2.24, 2.45) is 0 Å². The Bertz CT molecular complexity index is 666. The van der Waals surface area contributed by atoms with Crippen LogP contribution in [-0.2, 0) is 52.2 Å². The smallest absolute Gasteiger partial charge is 0.302 e. The molecule has 0 aromatic rings. The summed E-state index contributed by atoms with van der Waals surface area (Å²) in [6.07, 6.45) is -7.54. The number of thioether (sulfide) groups is 1. The Kier molecular flexibility index (Phi) is 12.6. The van der Waals surface area contributed by atoms with Crippen LogP contribution in [0.2, 0.25) is 0 Å². The van der Waals surface area contributed by atoms with E-state index in [1.165, 1.54) is 46.9 Å². The van der Waals surface area contributed by atoms with Crippen molar-refractivity contribution in [3.05, 3.63) is 0 Å². The van der Waals surface area contributed by atoms with Gasteiger partial charge in [-0.15, -0.1) is 11.8 Å². The predicted octanol–water partition coefficient (Wildman–Crippen LogP) is 0.122. The molecule has 0 radical (unpaired) electrons. The predicted molar refractivity (Wildman–Crippen MR) is 123 cm³/mol. The minimum atomic E-state index is -1.15. The van der Waals surface area contributed by atoms with E-state index in [9.17, 15) is 14.7 Å². The van der Waals surface area contributed by atoms with E-state index in [0.717, 1.165) is 5.75 Å². The van der Waals surface area contributed by atoms with E-state index >= 15 is 0 Å². The fraction of sp³-hybridized carbons (Fsp3) is 0.909. The van der Waals surface area contributed by atoms with Crippen molar-refractivity contribution >= 4 is 23.7 Å². The highest BCUT2D eigenvalue weighted by Crippen LogP contribution is 2.36. The summed E-state index contributed by atoms with van der Waals surface area (Å²) < 4.78 is 51.4. The Morgan fingerprint density at radius 2 is 1.31 bits per heavy atom. The molecule has 0 aliphatic carbocycles. The van der Waals surface area contributed by atoms with Crippen LogP contribution >= 0.6 is 11.8 Å². The second kappa shape index (κ2) is 14.6. The molecule has 10 atom stereocenters. The number of rotatable bonds is 12. The Balaban J connectivity index is 2.35. The van der Waals surface area contributed by atoms with Gasteiger partial charge in [0.05, 0.1) is 0 Å². The van der Waals surface area contributed by atoms with Crippen LogP contribution in [0.4, 0.5) is 0 Å². The van der Waals surface area contributed by atoms with Gasteiger partial charge in [-0.3, -0.25) is 9.59 Å². The average Bonchev–Trinajstić information content (AvgIpc) is 2.82. The molecule has 13 heteroatoms. The molecule has 0 saturated carbocycles. The van der Waals surface area contributed by atoms with Crippen LogP contribution in [0.3, 0.4) is 0 Å². The molecule has 0 bridgehead atoms. The van der Waals surface area contributed by atoms with Crippen LogP contribution in [-0.4, -0.2) is 125 Å². The largest absolute Gasteiger partial charge is 0.463 e. The number of aliphatic hydroxyl groups excluding tert-OH is 1. The summed E-state index contributed by atoms with van der Waals surface area (Å²) in [4.78, 5) is 22.9. The second-order valence-corrected chi connectivity index (χ2v) is 9.41. The lowest BCUT2D eigenvalue weighted by molar-refractivity contribution is -0.345. The molecule has 2 saturated heterocycles.